The fourth-order valence-electron chi connectivity index (χ4n) is 7.38. The monoisotopic (exact) mass is 798 g/mol. The van der Waals surface area contributed by atoms with E-state index in [-0.39, 0.29) is 11.8 Å². The van der Waals surface area contributed by atoms with Crippen molar-refractivity contribution in [3.05, 3.63) is 175 Å². The Labute approximate surface area is 355 Å². The van der Waals surface area contributed by atoms with E-state index in [1.807, 2.05) is 133 Å². The minimum atomic E-state index is -0.117. The van der Waals surface area contributed by atoms with E-state index in [0.29, 0.717) is 16.8 Å². The molecule has 2 heterocycles. The van der Waals surface area contributed by atoms with Gasteiger partial charge < -0.3 is 10.2 Å². The van der Waals surface area contributed by atoms with Crippen molar-refractivity contribution in [2.24, 2.45) is 0 Å². The molecule has 0 saturated carbocycles. The number of carbonyl (C=O) groups excluding carboxylic acids is 2. The Hall–Kier alpha value is -6.38. The van der Waals surface area contributed by atoms with Crippen molar-refractivity contribution in [2.75, 3.05) is 41.9 Å². The molecule has 7 rings (SSSR count). The average Bonchev–Trinajstić information content (AvgIpc) is 3.29. The molecule has 0 spiro atoms. The highest BCUT2D eigenvalue weighted by Crippen LogP contribution is 2.25. The predicted molar refractivity (Wildman–Crippen MR) is 250 cm³/mol. The van der Waals surface area contributed by atoms with E-state index >= 15 is 0 Å². The number of para-hydroxylation sites is 3. The van der Waals surface area contributed by atoms with E-state index in [0.717, 1.165) is 72.1 Å². The molecule has 60 heavy (non-hydrogen) atoms. The third kappa shape index (κ3) is 12.1. The first kappa shape index (κ1) is 43.2. The summed E-state index contributed by atoms with van der Waals surface area (Å²) in [6, 6.07) is 47.7. The van der Waals surface area contributed by atoms with Gasteiger partial charge in [-0.3, -0.25) is 19.6 Å². The van der Waals surface area contributed by atoms with Gasteiger partial charge in [0.2, 0.25) is 0 Å². The molecule has 308 valence electrons. The van der Waals surface area contributed by atoms with Crippen molar-refractivity contribution in [2.45, 2.75) is 65.2 Å². The number of nitrogens with zero attached hydrogens (tertiary/aromatic N) is 5. The van der Waals surface area contributed by atoms with Gasteiger partial charge in [0.25, 0.3) is 11.8 Å². The van der Waals surface area contributed by atoms with Crippen LogP contribution < -0.4 is 15.2 Å². The topological polar surface area (TPSA) is 81.7 Å². The van der Waals surface area contributed by atoms with E-state index in [1.165, 1.54) is 37.7 Å². The van der Waals surface area contributed by atoms with E-state index < -0.39 is 0 Å². The van der Waals surface area contributed by atoms with Gasteiger partial charge in [0.05, 0.1) is 40.4 Å². The highest BCUT2D eigenvalue weighted by molar-refractivity contribution is 6.09. The molecule has 0 atom stereocenters. The van der Waals surface area contributed by atoms with Gasteiger partial charge in [0, 0.05) is 48.7 Å². The third-order valence-corrected chi connectivity index (χ3v) is 10.6. The highest BCUT2D eigenvalue weighted by Gasteiger charge is 2.23. The van der Waals surface area contributed by atoms with Gasteiger partial charge >= 0.3 is 0 Å². The molecule has 0 aliphatic heterocycles. The summed E-state index contributed by atoms with van der Waals surface area (Å²) in [6.07, 6.45) is 12.8. The lowest BCUT2D eigenvalue weighted by Gasteiger charge is -2.32. The molecule has 2 amide bonds. The number of nitrogens with one attached hydrogen (secondary N) is 1. The van der Waals surface area contributed by atoms with Crippen molar-refractivity contribution in [3.8, 4) is 0 Å². The quantitative estimate of drug-likeness (QED) is 0.0688. The summed E-state index contributed by atoms with van der Waals surface area (Å²) in [5.41, 5.74) is 6.96. The fraction of sp³-hybridized carbons (Fsp3) is 0.269. The smallest absolute Gasteiger partial charge is 0.272 e. The van der Waals surface area contributed by atoms with Crippen LogP contribution in [0, 0.1) is 0 Å². The number of pyridine rings is 2. The maximum Gasteiger partial charge on any atom is 0.272 e. The van der Waals surface area contributed by atoms with Crippen molar-refractivity contribution in [3.63, 3.8) is 0 Å². The lowest BCUT2D eigenvalue weighted by atomic mass is 10.1. The lowest BCUT2D eigenvalue weighted by Crippen LogP contribution is -2.45. The third-order valence-electron chi connectivity index (χ3n) is 10.6. The van der Waals surface area contributed by atoms with Crippen LogP contribution in [-0.2, 0) is 6.42 Å². The first-order valence-corrected chi connectivity index (χ1v) is 21.4. The van der Waals surface area contributed by atoms with Crippen LogP contribution in [-0.4, -0.2) is 53.5 Å². The number of carbonyl (C=O) groups is 2. The number of fused-ring (bicyclic) bond motifs is 2. The SMILES string of the molecule is CCCCCCCCN(C)N(C(=O)c1ccccc1)c1cnc2ccccc2c1.CCCN(CCc1ccccc1)c1ccccc1C(=O)Nc1cnc2ccccc2c1. The molecule has 7 aromatic rings. The summed E-state index contributed by atoms with van der Waals surface area (Å²) in [5, 5.41) is 8.86. The van der Waals surface area contributed by atoms with Crippen LogP contribution in [0.25, 0.3) is 21.8 Å². The Balaban J connectivity index is 0.000000202. The predicted octanol–water partition coefficient (Wildman–Crippen LogP) is 12.0. The maximum absolute atomic E-state index is 13.4. The molecule has 5 aromatic carbocycles. The van der Waals surface area contributed by atoms with Gasteiger partial charge in [-0.15, -0.1) is 0 Å². The Morgan fingerprint density at radius 2 is 1.18 bits per heavy atom. The first-order valence-electron chi connectivity index (χ1n) is 21.4. The van der Waals surface area contributed by atoms with Gasteiger partial charge in [0.1, 0.15) is 0 Å². The summed E-state index contributed by atoms with van der Waals surface area (Å²) in [5.74, 6) is -0.148. The summed E-state index contributed by atoms with van der Waals surface area (Å²) in [6.45, 7) is 6.99. The van der Waals surface area contributed by atoms with Gasteiger partial charge in [0.15, 0.2) is 0 Å². The second-order valence-corrected chi connectivity index (χ2v) is 15.1. The number of anilines is 3. The van der Waals surface area contributed by atoms with Crippen LogP contribution in [0.3, 0.4) is 0 Å². The number of hydrogen-bond acceptors (Lipinski definition) is 6. The molecule has 2 aromatic heterocycles. The van der Waals surface area contributed by atoms with Crippen LogP contribution in [0.15, 0.2) is 158 Å². The van der Waals surface area contributed by atoms with Crippen molar-refractivity contribution < 1.29 is 9.59 Å². The van der Waals surface area contributed by atoms with Crippen LogP contribution in [0.2, 0.25) is 0 Å². The molecule has 0 radical (unpaired) electrons. The van der Waals surface area contributed by atoms with Crippen LogP contribution in [0.1, 0.15) is 85.1 Å². The largest absolute Gasteiger partial charge is 0.371 e. The molecule has 0 aliphatic rings. The van der Waals surface area contributed by atoms with E-state index in [2.05, 4.69) is 58.3 Å². The van der Waals surface area contributed by atoms with Gasteiger partial charge in [-0.2, -0.15) is 0 Å². The summed E-state index contributed by atoms with van der Waals surface area (Å²) in [7, 11) is 1.99. The molecule has 8 nitrogen and oxygen atoms in total. The van der Waals surface area contributed by atoms with Crippen molar-refractivity contribution in [1.29, 1.82) is 0 Å². The van der Waals surface area contributed by atoms with Crippen molar-refractivity contribution >= 4 is 50.7 Å². The number of amides is 2. The minimum Gasteiger partial charge on any atom is -0.371 e. The zero-order chi connectivity index (χ0) is 41.9. The standard InChI is InChI=1S/C27H27N3O.C25H31N3O/c1-2-17-30(18-16-21-10-4-3-5-11-21)26-15-9-7-13-24(26)27(31)29-23-19-22-12-6-8-14-25(22)28-20-23;1-3-4-5-6-7-13-18-27(2)28(25(29)21-14-9-8-10-15-21)23-19-22-16-11-12-17-24(22)26-20-23/h3-15,19-20H,2,16-18H2,1H3,(H,29,31);8-12,14-17,19-20H,3-7,13,18H2,1-2H3. The fourth-order valence-corrected chi connectivity index (χ4v) is 7.38. The van der Waals surface area contributed by atoms with Gasteiger partial charge in [-0.05, 0) is 73.4 Å². The number of hydrogen-bond donors (Lipinski definition) is 1. The molecule has 0 fully saturated rings. The number of hydrazine groups is 1. The van der Waals surface area contributed by atoms with E-state index in [9.17, 15) is 9.59 Å². The van der Waals surface area contributed by atoms with Gasteiger partial charge in [-0.25, -0.2) is 10.0 Å². The second-order valence-electron chi connectivity index (χ2n) is 15.1. The minimum absolute atomic E-state index is 0.0313. The molecule has 0 bridgehead atoms. The van der Waals surface area contributed by atoms with E-state index in [4.69, 9.17) is 0 Å². The normalized spacial score (nSPS) is 10.9. The maximum atomic E-state index is 13.4. The summed E-state index contributed by atoms with van der Waals surface area (Å²) >= 11 is 0. The Bertz CT molecular complexity index is 2400. The van der Waals surface area contributed by atoms with Crippen molar-refractivity contribution in [1.82, 2.24) is 15.0 Å². The molecule has 1 N–H and O–H groups in total. The number of unbranched alkanes of at least 4 members (excludes halogenated alkanes) is 5. The Kier molecular flexibility index (Phi) is 16.3. The number of rotatable bonds is 18. The second kappa shape index (κ2) is 22.7. The first-order chi connectivity index (χ1) is 29.4. The Morgan fingerprint density at radius 3 is 1.90 bits per heavy atom. The average molecular weight is 799 g/mol. The van der Waals surface area contributed by atoms with Crippen LogP contribution in [0.4, 0.5) is 17.1 Å². The molecule has 0 aliphatic carbocycles. The molecule has 0 unspecified atom stereocenters. The van der Waals surface area contributed by atoms with Gasteiger partial charge in [-0.1, -0.05) is 143 Å². The highest BCUT2D eigenvalue weighted by atomic mass is 16.2. The summed E-state index contributed by atoms with van der Waals surface area (Å²) < 4.78 is 0. The molecular weight excluding hydrogens is 741 g/mol. The van der Waals surface area contributed by atoms with Crippen LogP contribution in [0.5, 0.6) is 0 Å². The number of aromatic nitrogens is 2. The lowest BCUT2D eigenvalue weighted by molar-refractivity contribution is 0.0912. The Morgan fingerprint density at radius 1 is 0.583 bits per heavy atom. The zero-order valence-electron chi connectivity index (χ0n) is 35.3. The molecule has 0 saturated heterocycles. The molecule has 8 heteroatoms. The number of benzene rings is 5. The zero-order valence-corrected chi connectivity index (χ0v) is 35.3. The van der Waals surface area contributed by atoms with Crippen LogP contribution >= 0.6 is 0 Å². The van der Waals surface area contributed by atoms with E-state index in [1.54, 1.807) is 17.4 Å². The molecular formula is C52H58N6O2. The summed E-state index contributed by atoms with van der Waals surface area (Å²) in [4.78, 5) is 37.9.